The van der Waals surface area contributed by atoms with E-state index in [2.05, 4.69) is 12.0 Å². The molecule has 4 nitrogen and oxygen atoms in total. The average Bonchev–Trinajstić information content (AvgIpc) is 2.94. The lowest BCUT2D eigenvalue weighted by molar-refractivity contribution is 0.0695. The molecule has 0 radical (unpaired) electrons. The molecule has 1 saturated carbocycles. The fraction of sp³-hybridized carbons (Fsp3) is 0.667. The van der Waals surface area contributed by atoms with E-state index < -0.39 is 5.97 Å². The van der Waals surface area contributed by atoms with Gasteiger partial charge in [0.1, 0.15) is 5.56 Å². The van der Waals surface area contributed by atoms with Crippen molar-refractivity contribution in [1.29, 1.82) is 0 Å². The van der Waals surface area contributed by atoms with Gasteiger partial charge in [-0.3, -0.25) is 4.68 Å². The van der Waals surface area contributed by atoms with Gasteiger partial charge < -0.3 is 5.11 Å². The fourth-order valence-corrected chi connectivity index (χ4v) is 2.00. The predicted octanol–water partition coefficient (Wildman–Crippen LogP) is 2.68. The quantitative estimate of drug-likeness (QED) is 0.852. The van der Waals surface area contributed by atoms with Gasteiger partial charge in [0, 0.05) is 6.20 Å². The van der Waals surface area contributed by atoms with E-state index in [1.165, 1.54) is 12.8 Å². The Morgan fingerprint density at radius 1 is 1.50 bits per heavy atom. The van der Waals surface area contributed by atoms with E-state index in [9.17, 15) is 4.79 Å². The molecule has 1 aliphatic carbocycles. The van der Waals surface area contributed by atoms with Crippen molar-refractivity contribution in [2.45, 2.75) is 45.6 Å². The second kappa shape index (κ2) is 3.92. The number of carbonyl (C=O) groups is 1. The molecule has 1 aromatic rings. The molecule has 0 saturated heterocycles. The van der Waals surface area contributed by atoms with Gasteiger partial charge in [0.25, 0.3) is 0 Å². The van der Waals surface area contributed by atoms with Gasteiger partial charge in [0.05, 0.1) is 11.7 Å². The van der Waals surface area contributed by atoms with Crippen molar-refractivity contribution in [1.82, 2.24) is 9.78 Å². The molecular weight excluding hydrogens is 204 g/mol. The zero-order valence-electron chi connectivity index (χ0n) is 9.97. The first-order chi connectivity index (χ1) is 7.50. The molecule has 4 heteroatoms. The minimum absolute atomic E-state index is 0.152. The molecule has 0 amide bonds. The summed E-state index contributed by atoms with van der Waals surface area (Å²) in [5.41, 5.74) is 1.04. The van der Waals surface area contributed by atoms with Crippen LogP contribution in [0.25, 0.3) is 0 Å². The SMILES string of the molecule is CC(C)c1nn(C(C)C2CC2)cc1C(=O)O. The molecule has 2 rings (SSSR count). The Morgan fingerprint density at radius 2 is 2.12 bits per heavy atom. The zero-order valence-corrected chi connectivity index (χ0v) is 9.97. The molecule has 1 atom stereocenters. The van der Waals surface area contributed by atoms with E-state index in [1.807, 2.05) is 18.5 Å². The molecule has 1 aliphatic rings. The van der Waals surface area contributed by atoms with E-state index in [-0.39, 0.29) is 5.92 Å². The molecule has 1 heterocycles. The van der Waals surface area contributed by atoms with E-state index >= 15 is 0 Å². The maximum absolute atomic E-state index is 11.1. The van der Waals surface area contributed by atoms with Gasteiger partial charge in [-0.15, -0.1) is 0 Å². The lowest BCUT2D eigenvalue weighted by Crippen LogP contribution is -2.08. The standard InChI is InChI=1S/C12H18N2O2/c1-7(2)11-10(12(15)16)6-14(13-11)8(3)9-4-5-9/h6-9H,4-5H2,1-3H3,(H,15,16). The van der Waals surface area contributed by atoms with Gasteiger partial charge in [-0.2, -0.15) is 5.10 Å². The molecule has 0 bridgehead atoms. The molecule has 0 aliphatic heterocycles. The number of hydrogen-bond acceptors (Lipinski definition) is 2. The van der Waals surface area contributed by atoms with E-state index in [1.54, 1.807) is 6.20 Å². The lowest BCUT2D eigenvalue weighted by Gasteiger charge is -2.10. The Hall–Kier alpha value is -1.32. The number of nitrogens with zero attached hydrogens (tertiary/aromatic N) is 2. The summed E-state index contributed by atoms with van der Waals surface area (Å²) in [6, 6.07) is 0.325. The molecule has 1 unspecified atom stereocenters. The van der Waals surface area contributed by atoms with Crippen molar-refractivity contribution in [3.05, 3.63) is 17.5 Å². The molecular formula is C12H18N2O2. The number of aromatic nitrogens is 2. The Balaban J connectivity index is 2.33. The third kappa shape index (κ3) is 1.96. The van der Waals surface area contributed by atoms with Crippen molar-refractivity contribution >= 4 is 5.97 Å². The molecule has 88 valence electrons. The normalized spacial score (nSPS) is 17.8. The van der Waals surface area contributed by atoms with Gasteiger partial charge in [0.2, 0.25) is 0 Å². The third-order valence-corrected chi connectivity index (χ3v) is 3.26. The third-order valence-electron chi connectivity index (χ3n) is 3.26. The second-order valence-corrected chi connectivity index (χ2v) is 4.95. The predicted molar refractivity (Wildman–Crippen MR) is 60.7 cm³/mol. The van der Waals surface area contributed by atoms with Crippen LogP contribution in [0.2, 0.25) is 0 Å². The number of rotatable bonds is 4. The van der Waals surface area contributed by atoms with Gasteiger partial charge in [-0.05, 0) is 31.6 Å². The topological polar surface area (TPSA) is 55.1 Å². The maximum Gasteiger partial charge on any atom is 0.339 e. The minimum Gasteiger partial charge on any atom is -0.478 e. The van der Waals surface area contributed by atoms with Gasteiger partial charge in [-0.1, -0.05) is 13.8 Å². The van der Waals surface area contributed by atoms with Crippen LogP contribution in [0, 0.1) is 5.92 Å². The molecule has 1 N–H and O–H groups in total. The van der Waals surface area contributed by atoms with Crippen LogP contribution in [-0.2, 0) is 0 Å². The highest BCUT2D eigenvalue weighted by Crippen LogP contribution is 2.39. The first-order valence-electron chi connectivity index (χ1n) is 5.83. The first-order valence-corrected chi connectivity index (χ1v) is 5.83. The van der Waals surface area contributed by atoms with Crippen LogP contribution in [-0.4, -0.2) is 20.9 Å². The summed E-state index contributed by atoms with van der Waals surface area (Å²) in [6.07, 6.45) is 4.15. The lowest BCUT2D eigenvalue weighted by atomic mass is 10.1. The maximum atomic E-state index is 11.1. The first kappa shape index (κ1) is 11.2. The van der Waals surface area contributed by atoms with E-state index in [0.29, 0.717) is 23.2 Å². The van der Waals surface area contributed by atoms with Gasteiger partial charge >= 0.3 is 5.97 Å². The van der Waals surface area contributed by atoms with E-state index in [0.717, 1.165) is 0 Å². The van der Waals surface area contributed by atoms with Crippen LogP contribution in [0.15, 0.2) is 6.20 Å². The van der Waals surface area contributed by atoms with Gasteiger partial charge in [-0.25, -0.2) is 4.79 Å². The van der Waals surface area contributed by atoms with Crippen LogP contribution in [0.1, 0.15) is 61.6 Å². The highest BCUT2D eigenvalue weighted by atomic mass is 16.4. The summed E-state index contributed by atoms with van der Waals surface area (Å²) < 4.78 is 1.83. The Labute approximate surface area is 95.3 Å². The van der Waals surface area contributed by atoms with Crippen LogP contribution in [0.3, 0.4) is 0 Å². The van der Waals surface area contributed by atoms with Crippen LogP contribution in [0.5, 0.6) is 0 Å². The molecule has 0 aromatic carbocycles. The Morgan fingerprint density at radius 3 is 2.50 bits per heavy atom. The van der Waals surface area contributed by atoms with E-state index in [4.69, 9.17) is 5.11 Å². The summed E-state index contributed by atoms with van der Waals surface area (Å²) in [5.74, 6) is -0.0433. The summed E-state index contributed by atoms with van der Waals surface area (Å²) >= 11 is 0. The minimum atomic E-state index is -0.877. The van der Waals surface area contributed by atoms with Crippen LogP contribution >= 0.6 is 0 Å². The largest absolute Gasteiger partial charge is 0.478 e. The monoisotopic (exact) mass is 222 g/mol. The second-order valence-electron chi connectivity index (χ2n) is 4.95. The summed E-state index contributed by atoms with van der Waals surface area (Å²) in [4.78, 5) is 11.1. The van der Waals surface area contributed by atoms with Crippen LogP contribution in [0.4, 0.5) is 0 Å². The Kier molecular flexibility index (Phi) is 2.74. The molecule has 16 heavy (non-hydrogen) atoms. The molecule has 1 fully saturated rings. The highest BCUT2D eigenvalue weighted by Gasteiger charge is 2.31. The van der Waals surface area contributed by atoms with Crippen molar-refractivity contribution in [3.8, 4) is 0 Å². The summed E-state index contributed by atoms with van der Waals surface area (Å²) in [5, 5.41) is 13.5. The fourth-order valence-electron chi connectivity index (χ4n) is 2.00. The number of hydrogen-bond donors (Lipinski definition) is 1. The number of carboxylic acid groups (broad SMARTS) is 1. The zero-order chi connectivity index (χ0) is 11.9. The highest BCUT2D eigenvalue weighted by molar-refractivity contribution is 5.88. The van der Waals surface area contributed by atoms with Crippen molar-refractivity contribution in [3.63, 3.8) is 0 Å². The number of aromatic carboxylic acids is 1. The van der Waals surface area contributed by atoms with Crippen molar-refractivity contribution < 1.29 is 9.90 Å². The number of carboxylic acids is 1. The molecule has 1 aromatic heterocycles. The summed E-state index contributed by atoms with van der Waals surface area (Å²) in [7, 11) is 0. The average molecular weight is 222 g/mol. The molecule has 0 spiro atoms. The van der Waals surface area contributed by atoms with Crippen molar-refractivity contribution in [2.24, 2.45) is 5.92 Å². The summed E-state index contributed by atoms with van der Waals surface area (Å²) in [6.45, 7) is 6.06. The van der Waals surface area contributed by atoms with Crippen molar-refractivity contribution in [2.75, 3.05) is 0 Å². The van der Waals surface area contributed by atoms with Crippen LogP contribution < -0.4 is 0 Å². The van der Waals surface area contributed by atoms with Gasteiger partial charge in [0.15, 0.2) is 0 Å². The Bertz CT molecular complexity index is 405. The smallest absolute Gasteiger partial charge is 0.339 e.